The molecule has 0 spiro atoms. The zero-order valence-electron chi connectivity index (χ0n) is 13.0. The van der Waals surface area contributed by atoms with Gasteiger partial charge in [-0.1, -0.05) is 35.0 Å². The highest BCUT2D eigenvalue weighted by Gasteiger charge is 2.23. The molecule has 1 aromatic heterocycles. The van der Waals surface area contributed by atoms with E-state index in [1.807, 2.05) is 0 Å². The Balaban J connectivity index is 1.71. The van der Waals surface area contributed by atoms with Crippen molar-refractivity contribution in [2.24, 2.45) is 0 Å². The van der Waals surface area contributed by atoms with Crippen molar-refractivity contribution >= 4 is 0 Å². The van der Waals surface area contributed by atoms with E-state index in [1.165, 1.54) is 5.56 Å². The molecule has 2 atom stereocenters. The predicted octanol–water partition coefficient (Wildman–Crippen LogP) is 2.83. The quantitative estimate of drug-likeness (QED) is 0.941. The molecule has 0 radical (unpaired) electrons. The van der Waals surface area contributed by atoms with Crippen LogP contribution in [-0.2, 0) is 6.54 Å². The Kier molecular flexibility index (Phi) is 4.08. The molecule has 2 unspecified atom stereocenters. The summed E-state index contributed by atoms with van der Waals surface area (Å²) in [4.78, 5) is 2.45. The second-order valence-electron chi connectivity index (χ2n) is 6.13. The van der Waals surface area contributed by atoms with E-state index >= 15 is 0 Å². The van der Waals surface area contributed by atoms with E-state index in [4.69, 9.17) is 4.52 Å². The van der Waals surface area contributed by atoms with Gasteiger partial charge in [-0.2, -0.15) is 0 Å². The van der Waals surface area contributed by atoms with Crippen LogP contribution >= 0.6 is 0 Å². The summed E-state index contributed by atoms with van der Waals surface area (Å²) in [7, 11) is 0. The smallest absolute Gasteiger partial charge is 0.151 e. The fourth-order valence-electron chi connectivity index (χ4n) is 2.77. The standard InChI is InChI=1S/C17H23N3O/c1-12-4-6-15(7-5-12)17-8-16(21-19-17)11-20-10-13(2)18-9-14(20)3/h4-8,13-14,18H,9-11H2,1-3H3. The molecule has 2 aromatic rings. The van der Waals surface area contributed by atoms with Gasteiger partial charge in [-0.25, -0.2) is 0 Å². The van der Waals surface area contributed by atoms with Gasteiger partial charge in [-0.15, -0.1) is 0 Å². The fraction of sp³-hybridized carbons (Fsp3) is 0.471. The third kappa shape index (κ3) is 3.34. The van der Waals surface area contributed by atoms with Gasteiger partial charge in [-0.3, -0.25) is 4.90 Å². The van der Waals surface area contributed by atoms with Gasteiger partial charge in [0.1, 0.15) is 5.69 Å². The largest absolute Gasteiger partial charge is 0.359 e. The summed E-state index contributed by atoms with van der Waals surface area (Å²) in [6.07, 6.45) is 0. The molecule has 1 N–H and O–H groups in total. The van der Waals surface area contributed by atoms with Crippen LogP contribution < -0.4 is 5.32 Å². The Morgan fingerprint density at radius 2 is 2.05 bits per heavy atom. The molecular weight excluding hydrogens is 262 g/mol. The number of hydrogen-bond acceptors (Lipinski definition) is 4. The van der Waals surface area contributed by atoms with Crippen LogP contribution in [0.5, 0.6) is 0 Å². The van der Waals surface area contributed by atoms with E-state index in [9.17, 15) is 0 Å². The number of hydrogen-bond donors (Lipinski definition) is 1. The predicted molar refractivity (Wildman–Crippen MR) is 84.0 cm³/mol. The van der Waals surface area contributed by atoms with Crippen LogP contribution in [-0.4, -0.2) is 35.2 Å². The first-order valence-electron chi connectivity index (χ1n) is 7.62. The molecule has 21 heavy (non-hydrogen) atoms. The fourth-order valence-corrected chi connectivity index (χ4v) is 2.77. The van der Waals surface area contributed by atoms with Crippen molar-refractivity contribution in [3.05, 3.63) is 41.7 Å². The lowest BCUT2D eigenvalue weighted by Gasteiger charge is -2.36. The number of benzene rings is 1. The highest BCUT2D eigenvalue weighted by atomic mass is 16.5. The number of rotatable bonds is 3. The third-order valence-corrected chi connectivity index (χ3v) is 4.16. The minimum absolute atomic E-state index is 0.522. The van der Waals surface area contributed by atoms with Gasteiger partial charge in [0.15, 0.2) is 5.76 Å². The van der Waals surface area contributed by atoms with Crippen molar-refractivity contribution in [1.82, 2.24) is 15.4 Å². The van der Waals surface area contributed by atoms with Crippen molar-refractivity contribution in [2.75, 3.05) is 13.1 Å². The average molecular weight is 285 g/mol. The van der Waals surface area contributed by atoms with E-state index in [0.29, 0.717) is 12.1 Å². The molecule has 0 aliphatic carbocycles. The third-order valence-electron chi connectivity index (χ3n) is 4.16. The number of aromatic nitrogens is 1. The van der Waals surface area contributed by atoms with Gasteiger partial charge < -0.3 is 9.84 Å². The molecule has 0 saturated carbocycles. The Labute approximate surface area is 126 Å². The van der Waals surface area contributed by atoms with E-state index in [-0.39, 0.29) is 0 Å². The molecule has 1 saturated heterocycles. The number of nitrogens with one attached hydrogen (secondary N) is 1. The Morgan fingerprint density at radius 1 is 1.29 bits per heavy atom. The summed E-state index contributed by atoms with van der Waals surface area (Å²) >= 11 is 0. The lowest BCUT2D eigenvalue weighted by Crippen LogP contribution is -2.53. The first kappa shape index (κ1) is 14.3. The molecule has 3 rings (SSSR count). The van der Waals surface area contributed by atoms with Crippen LogP contribution in [0.1, 0.15) is 25.2 Å². The summed E-state index contributed by atoms with van der Waals surface area (Å²) < 4.78 is 5.52. The Hall–Kier alpha value is -1.65. The molecule has 0 bridgehead atoms. The number of nitrogens with zero attached hydrogens (tertiary/aromatic N) is 2. The summed E-state index contributed by atoms with van der Waals surface area (Å²) in [5.41, 5.74) is 3.28. The van der Waals surface area contributed by atoms with Crippen molar-refractivity contribution in [2.45, 2.75) is 39.4 Å². The lowest BCUT2D eigenvalue weighted by molar-refractivity contribution is 0.125. The van der Waals surface area contributed by atoms with Crippen LogP contribution in [0.15, 0.2) is 34.9 Å². The van der Waals surface area contributed by atoms with Crippen LogP contribution in [0.2, 0.25) is 0 Å². The SMILES string of the molecule is Cc1ccc(-c2cc(CN3CC(C)NCC3C)on2)cc1. The van der Waals surface area contributed by atoms with Gasteiger partial charge in [0.25, 0.3) is 0 Å². The maximum atomic E-state index is 5.52. The molecule has 2 heterocycles. The highest BCUT2D eigenvalue weighted by Crippen LogP contribution is 2.21. The summed E-state index contributed by atoms with van der Waals surface area (Å²) in [6.45, 7) is 9.45. The normalized spacial score (nSPS) is 23.4. The molecular formula is C17H23N3O. The van der Waals surface area contributed by atoms with Crippen LogP contribution in [0.25, 0.3) is 11.3 Å². The second-order valence-corrected chi connectivity index (χ2v) is 6.13. The lowest BCUT2D eigenvalue weighted by atomic mass is 10.1. The molecule has 1 aromatic carbocycles. The first-order valence-corrected chi connectivity index (χ1v) is 7.62. The first-order chi connectivity index (χ1) is 10.1. The van der Waals surface area contributed by atoms with Gasteiger partial charge in [0.05, 0.1) is 6.54 Å². The van der Waals surface area contributed by atoms with E-state index in [0.717, 1.165) is 36.7 Å². The average Bonchev–Trinajstić information content (AvgIpc) is 2.92. The van der Waals surface area contributed by atoms with Gasteiger partial charge in [0, 0.05) is 36.8 Å². The molecule has 1 aliphatic heterocycles. The maximum Gasteiger partial charge on any atom is 0.151 e. The summed E-state index contributed by atoms with van der Waals surface area (Å²) in [5, 5.41) is 7.70. The minimum Gasteiger partial charge on any atom is -0.359 e. The van der Waals surface area contributed by atoms with Crippen molar-refractivity contribution in [3.8, 4) is 11.3 Å². The number of piperazine rings is 1. The van der Waals surface area contributed by atoms with Crippen molar-refractivity contribution in [3.63, 3.8) is 0 Å². The van der Waals surface area contributed by atoms with E-state index in [2.05, 4.69) is 66.5 Å². The zero-order chi connectivity index (χ0) is 14.8. The van der Waals surface area contributed by atoms with E-state index < -0.39 is 0 Å². The minimum atomic E-state index is 0.522. The molecule has 1 fully saturated rings. The molecule has 4 heteroatoms. The van der Waals surface area contributed by atoms with Gasteiger partial charge in [-0.05, 0) is 20.8 Å². The summed E-state index contributed by atoms with van der Waals surface area (Å²) in [6, 6.07) is 11.5. The van der Waals surface area contributed by atoms with Crippen LogP contribution in [0.3, 0.4) is 0 Å². The Morgan fingerprint density at radius 3 is 2.81 bits per heavy atom. The Bertz CT molecular complexity index is 590. The van der Waals surface area contributed by atoms with E-state index in [1.54, 1.807) is 0 Å². The summed E-state index contributed by atoms with van der Waals surface area (Å²) in [5.74, 6) is 0.937. The second kappa shape index (κ2) is 6.00. The maximum absolute atomic E-state index is 5.52. The van der Waals surface area contributed by atoms with Gasteiger partial charge >= 0.3 is 0 Å². The van der Waals surface area contributed by atoms with Crippen molar-refractivity contribution < 1.29 is 4.52 Å². The monoisotopic (exact) mass is 285 g/mol. The molecule has 1 aliphatic rings. The molecule has 4 nitrogen and oxygen atoms in total. The zero-order valence-corrected chi connectivity index (χ0v) is 13.0. The van der Waals surface area contributed by atoms with Crippen LogP contribution in [0, 0.1) is 6.92 Å². The topological polar surface area (TPSA) is 41.3 Å². The van der Waals surface area contributed by atoms with Crippen LogP contribution in [0.4, 0.5) is 0 Å². The van der Waals surface area contributed by atoms with Gasteiger partial charge in [0.2, 0.25) is 0 Å². The number of aryl methyl sites for hydroxylation is 1. The highest BCUT2D eigenvalue weighted by molar-refractivity contribution is 5.59. The molecule has 112 valence electrons. The van der Waals surface area contributed by atoms with Crippen molar-refractivity contribution in [1.29, 1.82) is 0 Å². The molecule has 0 amide bonds.